The molecule has 0 atom stereocenters. The van der Waals surface area contributed by atoms with E-state index in [1.54, 1.807) is 54.6 Å². The van der Waals surface area contributed by atoms with Crippen LogP contribution in [-0.2, 0) is 0 Å². The van der Waals surface area contributed by atoms with Crippen LogP contribution in [0.3, 0.4) is 0 Å². The van der Waals surface area contributed by atoms with Crippen LogP contribution in [0.4, 0.5) is 0 Å². The van der Waals surface area contributed by atoms with E-state index in [0.29, 0.717) is 5.56 Å². The topological polar surface area (TPSA) is 74.6 Å². The molecule has 0 aliphatic heterocycles. The third-order valence-corrected chi connectivity index (χ3v) is 4.22. The van der Waals surface area contributed by atoms with E-state index < -0.39 is 0 Å². The Morgan fingerprint density at radius 2 is 1.33 bits per heavy atom. The summed E-state index contributed by atoms with van der Waals surface area (Å²) < 4.78 is 0. The summed E-state index contributed by atoms with van der Waals surface area (Å²) in [6, 6.07) is 16.1. The summed E-state index contributed by atoms with van der Waals surface area (Å²) in [5.74, 6) is -0.655. The Labute approximate surface area is 137 Å². The minimum absolute atomic E-state index is 0.0624. The van der Waals surface area contributed by atoms with Crippen molar-refractivity contribution in [2.75, 3.05) is 0 Å². The smallest absolute Gasteiger partial charge is 0.198 e. The number of phenolic OH excluding ortho intramolecular Hbond substituents is 2. The first-order valence-corrected chi connectivity index (χ1v) is 7.41. The fraction of sp³-hybridized carbons (Fsp3) is 0. The first-order valence-electron chi connectivity index (χ1n) is 7.41. The Morgan fingerprint density at radius 1 is 0.625 bits per heavy atom. The van der Waals surface area contributed by atoms with Crippen molar-refractivity contribution in [1.82, 2.24) is 0 Å². The fourth-order valence-corrected chi connectivity index (χ4v) is 3.01. The van der Waals surface area contributed by atoms with E-state index in [4.69, 9.17) is 0 Å². The number of hydrogen-bond donors (Lipinski definition) is 2. The molecule has 116 valence electrons. The quantitative estimate of drug-likeness (QED) is 0.563. The van der Waals surface area contributed by atoms with Gasteiger partial charge >= 0.3 is 0 Å². The Morgan fingerprint density at radius 3 is 2.08 bits per heavy atom. The average Bonchev–Trinajstić information content (AvgIpc) is 2.60. The number of carbonyl (C=O) groups excluding carboxylic acids is 2. The lowest BCUT2D eigenvalue weighted by Crippen LogP contribution is -2.21. The molecule has 0 bridgehead atoms. The van der Waals surface area contributed by atoms with Crippen molar-refractivity contribution in [3.05, 3.63) is 82.9 Å². The van der Waals surface area contributed by atoms with Gasteiger partial charge in [0.25, 0.3) is 0 Å². The van der Waals surface area contributed by atoms with E-state index in [1.165, 1.54) is 6.07 Å². The number of ketones is 2. The van der Waals surface area contributed by atoms with Crippen molar-refractivity contribution in [3.8, 4) is 22.6 Å². The molecule has 4 nitrogen and oxygen atoms in total. The van der Waals surface area contributed by atoms with Crippen LogP contribution < -0.4 is 0 Å². The van der Waals surface area contributed by atoms with Gasteiger partial charge in [-0.2, -0.15) is 0 Å². The standard InChI is InChI=1S/C20H12O4/c21-13-7-4-11(5-8-13)12-6-9-14-16(10-12)19(23)15-2-1-3-17(22)18(15)20(14)24/h1-10,21-22H. The van der Waals surface area contributed by atoms with E-state index in [1.807, 2.05) is 0 Å². The first-order chi connectivity index (χ1) is 11.6. The fourth-order valence-electron chi connectivity index (χ4n) is 3.01. The molecule has 0 unspecified atom stereocenters. The molecule has 0 heterocycles. The number of hydrogen-bond acceptors (Lipinski definition) is 4. The first kappa shape index (κ1) is 14.2. The predicted octanol–water partition coefficient (Wildman–Crippen LogP) is 3.54. The highest BCUT2D eigenvalue weighted by atomic mass is 16.3. The number of carbonyl (C=O) groups is 2. The number of fused-ring (bicyclic) bond motifs is 2. The van der Waals surface area contributed by atoms with Crippen LogP contribution in [0.15, 0.2) is 60.7 Å². The van der Waals surface area contributed by atoms with Gasteiger partial charge in [-0.05, 0) is 41.5 Å². The van der Waals surface area contributed by atoms with Crippen LogP contribution in [0.1, 0.15) is 31.8 Å². The second-order valence-corrected chi connectivity index (χ2v) is 5.67. The monoisotopic (exact) mass is 316 g/mol. The molecule has 3 aromatic rings. The average molecular weight is 316 g/mol. The van der Waals surface area contributed by atoms with Crippen molar-refractivity contribution in [2.45, 2.75) is 0 Å². The Hall–Kier alpha value is -3.40. The van der Waals surface area contributed by atoms with Gasteiger partial charge in [-0.1, -0.05) is 30.3 Å². The van der Waals surface area contributed by atoms with Gasteiger partial charge in [-0.25, -0.2) is 0 Å². The molecule has 0 amide bonds. The van der Waals surface area contributed by atoms with Gasteiger partial charge in [-0.3, -0.25) is 9.59 Å². The van der Waals surface area contributed by atoms with Gasteiger partial charge in [-0.15, -0.1) is 0 Å². The van der Waals surface area contributed by atoms with Crippen LogP contribution in [-0.4, -0.2) is 21.8 Å². The minimum atomic E-state index is -0.352. The molecule has 0 aromatic heterocycles. The molecule has 0 fully saturated rings. The largest absolute Gasteiger partial charge is 0.508 e. The van der Waals surface area contributed by atoms with Crippen LogP contribution in [0.2, 0.25) is 0 Å². The molecule has 24 heavy (non-hydrogen) atoms. The maximum Gasteiger partial charge on any atom is 0.198 e. The molecule has 4 rings (SSSR count). The lowest BCUT2D eigenvalue weighted by Gasteiger charge is -2.19. The molecule has 0 saturated heterocycles. The maximum atomic E-state index is 12.7. The number of phenols is 2. The molecular weight excluding hydrogens is 304 g/mol. The van der Waals surface area contributed by atoms with Crippen LogP contribution >= 0.6 is 0 Å². The molecule has 0 radical (unpaired) electrons. The maximum absolute atomic E-state index is 12.7. The van der Waals surface area contributed by atoms with Crippen molar-refractivity contribution < 1.29 is 19.8 Å². The van der Waals surface area contributed by atoms with Gasteiger partial charge in [0.15, 0.2) is 11.6 Å². The highest BCUT2D eigenvalue weighted by Gasteiger charge is 2.31. The molecule has 0 saturated carbocycles. The molecule has 0 spiro atoms. The van der Waals surface area contributed by atoms with Gasteiger partial charge in [0, 0.05) is 16.7 Å². The molecular formula is C20H12O4. The Kier molecular flexibility index (Phi) is 3.00. The zero-order chi connectivity index (χ0) is 16.8. The highest BCUT2D eigenvalue weighted by Crippen LogP contribution is 2.34. The highest BCUT2D eigenvalue weighted by molar-refractivity contribution is 6.29. The molecule has 1 aliphatic carbocycles. The second kappa shape index (κ2) is 5.06. The summed E-state index contributed by atoms with van der Waals surface area (Å²) >= 11 is 0. The van der Waals surface area contributed by atoms with Crippen molar-refractivity contribution in [1.29, 1.82) is 0 Å². The normalized spacial score (nSPS) is 12.7. The zero-order valence-corrected chi connectivity index (χ0v) is 12.5. The van der Waals surface area contributed by atoms with E-state index in [9.17, 15) is 19.8 Å². The van der Waals surface area contributed by atoms with Gasteiger partial charge in [0.05, 0.1) is 5.56 Å². The van der Waals surface area contributed by atoms with Crippen molar-refractivity contribution >= 4 is 11.6 Å². The van der Waals surface area contributed by atoms with Crippen LogP contribution in [0.5, 0.6) is 11.5 Å². The molecule has 1 aliphatic rings. The summed E-state index contributed by atoms with van der Waals surface area (Å²) in [5.41, 5.74) is 2.50. The molecule has 3 aromatic carbocycles. The number of rotatable bonds is 1. The number of benzene rings is 3. The SMILES string of the molecule is O=C1c2cc(-c3ccc(O)cc3)ccc2C(=O)c2c(O)cccc21. The van der Waals surface area contributed by atoms with Crippen molar-refractivity contribution in [3.63, 3.8) is 0 Å². The second-order valence-electron chi connectivity index (χ2n) is 5.67. The van der Waals surface area contributed by atoms with Crippen LogP contribution in [0, 0.1) is 0 Å². The third kappa shape index (κ3) is 2.01. The van der Waals surface area contributed by atoms with E-state index >= 15 is 0 Å². The Balaban J connectivity index is 1.89. The molecule has 2 N–H and O–H groups in total. The predicted molar refractivity (Wildman–Crippen MR) is 88.5 cm³/mol. The summed E-state index contributed by atoms with van der Waals surface area (Å²) in [7, 11) is 0. The summed E-state index contributed by atoms with van der Waals surface area (Å²) in [4.78, 5) is 25.4. The lowest BCUT2D eigenvalue weighted by molar-refractivity contribution is 0.0976. The van der Waals surface area contributed by atoms with Crippen molar-refractivity contribution in [2.24, 2.45) is 0 Å². The summed E-state index contributed by atoms with van der Waals surface area (Å²) in [6.07, 6.45) is 0. The van der Waals surface area contributed by atoms with Crippen LogP contribution in [0.25, 0.3) is 11.1 Å². The Bertz CT molecular complexity index is 1000. The van der Waals surface area contributed by atoms with E-state index in [0.717, 1.165) is 11.1 Å². The van der Waals surface area contributed by atoms with Gasteiger partial charge in [0.1, 0.15) is 11.5 Å². The summed E-state index contributed by atoms with van der Waals surface area (Å²) in [5, 5.41) is 19.3. The van der Waals surface area contributed by atoms with Gasteiger partial charge < -0.3 is 10.2 Å². The summed E-state index contributed by atoms with van der Waals surface area (Å²) in [6.45, 7) is 0. The number of aromatic hydroxyl groups is 2. The minimum Gasteiger partial charge on any atom is -0.508 e. The molecule has 4 heteroatoms. The zero-order valence-electron chi connectivity index (χ0n) is 12.5. The van der Waals surface area contributed by atoms with E-state index in [-0.39, 0.29) is 39.8 Å². The third-order valence-electron chi connectivity index (χ3n) is 4.22. The van der Waals surface area contributed by atoms with E-state index in [2.05, 4.69) is 0 Å². The van der Waals surface area contributed by atoms with Gasteiger partial charge in [0.2, 0.25) is 0 Å². The lowest BCUT2D eigenvalue weighted by atomic mass is 9.82.